The monoisotopic (exact) mass is 439 g/mol. The summed E-state index contributed by atoms with van der Waals surface area (Å²) in [5, 5.41) is 3.29. The van der Waals surface area contributed by atoms with Crippen LogP contribution in [0.25, 0.3) is 11.1 Å². The fraction of sp³-hybridized carbons (Fsp3) is 0.0952. The van der Waals surface area contributed by atoms with E-state index in [-0.39, 0.29) is 5.69 Å². The van der Waals surface area contributed by atoms with Gasteiger partial charge in [-0.2, -0.15) is 13.2 Å². The van der Waals surface area contributed by atoms with Gasteiger partial charge in [0, 0.05) is 11.3 Å². The van der Waals surface area contributed by atoms with Crippen LogP contribution in [0.15, 0.2) is 60.7 Å². The van der Waals surface area contributed by atoms with Crippen LogP contribution in [-0.4, -0.2) is 13.0 Å². The van der Waals surface area contributed by atoms with Gasteiger partial charge in [0.15, 0.2) is 0 Å². The van der Waals surface area contributed by atoms with Gasteiger partial charge in [-0.3, -0.25) is 4.79 Å². The Bertz CT molecular complexity index is 1050. The minimum Gasteiger partial charge on any atom is -0.497 e. The number of rotatable bonds is 4. The molecule has 1 amide bonds. The minimum absolute atomic E-state index is 0.235. The van der Waals surface area contributed by atoms with E-state index in [1.54, 1.807) is 36.4 Å². The quantitative estimate of drug-likeness (QED) is 0.477. The Morgan fingerprint density at radius 3 is 2.21 bits per heavy atom. The number of benzene rings is 3. The second kappa shape index (κ2) is 8.35. The molecule has 0 saturated carbocycles. The molecule has 0 aliphatic carbocycles. The van der Waals surface area contributed by atoms with Crippen molar-refractivity contribution in [3.63, 3.8) is 0 Å². The van der Waals surface area contributed by atoms with E-state index in [0.29, 0.717) is 32.5 Å². The fourth-order valence-corrected chi connectivity index (χ4v) is 2.99. The lowest BCUT2D eigenvalue weighted by Crippen LogP contribution is -2.13. The average Bonchev–Trinajstić information content (AvgIpc) is 2.69. The molecule has 0 heterocycles. The Hall–Kier alpha value is -2.70. The molecule has 1 N–H and O–H groups in total. The highest BCUT2D eigenvalue weighted by molar-refractivity contribution is 6.42. The van der Waals surface area contributed by atoms with Crippen molar-refractivity contribution < 1.29 is 22.7 Å². The maximum absolute atomic E-state index is 12.8. The summed E-state index contributed by atoms with van der Waals surface area (Å²) in [6.07, 6.45) is -4.44. The first-order valence-corrected chi connectivity index (χ1v) is 9.06. The van der Waals surface area contributed by atoms with E-state index in [4.69, 9.17) is 27.9 Å². The van der Waals surface area contributed by atoms with Gasteiger partial charge in [-0.05, 0) is 65.7 Å². The number of anilines is 1. The summed E-state index contributed by atoms with van der Waals surface area (Å²) < 4.78 is 43.3. The van der Waals surface area contributed by atoms with Crippen LogP contribution in [0, 0.1) is 0 Å². The number of alkyl halides is 3. The van der Waals surface area contributed by atoms with Gasteiger partial charge in [-0.25, -0.2) is 0 Å². The van der Waals surface area contributed by atoms with Gasteiger partial charge in [0.25, 0.3) is 5.91 Å². The van der Waals surface area contributed by atoms with E-state index in [1.807, 2.05) is 0 Å². The molecule has 8 heteroatoms. The first kappa shape index (κ1) is 21.0. The molecule has 0 aliphatic rings. The van der Waals surface area contributed by atoms with Crippen LogP contribution in [0.4, 0.5) is 18.9 Å². The number of nitrogens with one attached hydrogen (secondary N) is 1. The number of amides is 1. The molecule has 0 spiro atoms. The summed E-state index contributed by atoms with van der Waals surface area (Å²) in [5.41, 5.74) is 0.905. The number of carbonyl (C=O) groups excluding carboxylic acids is 1. The smallest absolute Gasteiger partial charge is 0.416 e. The largest absolute Gasteiger partial charge is 0.497 e. The van der Waals surface area contributed by atoms with Gasteiger partial charge < -0.3 is 10.1 Å². The second-order valence-electron chi connectivity index (χ2n) is 6.07. The van der Waals surface area contributed by atoms with Crippen LogP contribution in [0.3, 0.4) is 0 Å². The van der Waals surface area contributed by atoms with Gasteiger partial charge in [-0.15, -0.1) is 0 Å². The fourth-order valence-electron chi connectivity index (χ4n) is 2.69. The molecule has 150 valence electrons. The predicted octanol–water partition coefficient (Wildman–Crippen LogP) is 6.94. The van der Waals surface area contributed by atoms with E-state index < -0.39 is 17.6 Å². The molecule has 0 saturated heterocycles. The number of hydrogen-bond acceptors (Lipinski definition) is 2. The highest BCUT2D eigenvalue weighted by Crippen LogP contribution is 2.33. The van der Waals surface area contributed by atoms with Crippen molar-refractivity contribution in [1.82, 2.24) is 0 Å². The number of hydrogen-bond donors (Lipinski definition) is 1. The Morgan fingerprint density at radius 2 is 1.62 bits per heavy atom. The second-order valence-corrected chi connectivity index (χ2v) is 6.88. The maximum Gasteiger partial charge on any atom is 0.416 e. The molecule has 0 radical (unpaired) electrons. The van der Waals surface area contributed by atoms with Crippen LogP contribution < -0.4 is 10.1 Å². The zero-order chi connectivity index (χ0) is 21.2. The normalized spacial score (nSPS) is 11.2. The number of carbonyl (C=O) groups is 1. The third-order valence-corrected chi connectivity index (χ3v) is 4.91. The van der Waals surface area contributed by atoms with E-state index in [9.17, 15) is 18.0 Å². The zero-order valence-corrected chi connectivity index (χ0v) is 16.5. The Labute approximate surface area is 175 Å². The lowest BCUT2D eigenvalue weighted by molar-refractivity contribution is -0.137. The standard InChI is InChI=1S/C21H14Cl2F3NO2/c1-29-15-7-8-16(17(11-15)12-2-9-18(22)19(23)10-12)20(28)27-14-5-3-13(4-6-14)21(24,25)26/h2-11H,1H3,(H,27,28). The minimum atomic E-state index is -4.44. The van der Waals surface area contributed by atoms with Gasteiger partial charge in [0.05, 0.1) is 22.7 Å². The molecule has 3 nitrogen and oxygen atoms in total. The maximum atomic E-state index is 12.8. The summed E-state index contributed by atoms with van der Waals surface area (Å²) in [6, 6.07) is 14.0. The number of ether oxygens (including phenoxy) is 1. The molecule has 0 aliphatic heterocycles. The van der Waals surface area contributed by atoms with Crippen molar-refractivity contribution in [2.24, 2.45) is 0 Å². The molecule has 29 heavy (non-hydrogen) atoms. The first-order valence-electron chi connectivity index (χ1n) is 8.31. The van der Waals surface area contributed by atoms with Crippen LogP contribution in [-0.2, 0) is 6.18 Å². The summed E-state index contributed by atoms with van der Waals surface area (Å²) >= 11 is 12.1. The third-order valence-electron chi connectivity index (χ3n) is 4.17. The molecule has 0 atom stereocenters. The van der Waals surface area contributed by atoms with Crippen molar-refractivity contribution >= 4 is 34.8 Å². The van der Waals surface area contributed by atoms with Crippen molar-refractivity contribution in [2.45, 2.75) is 6.18 Å². The van der Waals surface area contributed by atoms with Gasteiger partial charge in [0.1, 0.15) is 5.75 Å². The van der Waals surface area contributed by atoms with Gasteiger partial charge >= 0.3 is 6.18 Å². The van der Waals surface area contributed by atoms with Crippen LogP contribution >= 0.6 is 23.2 Å². The van der Waals surface area contributed by atoms with E-state index in [1.165, 1.54) is 19.2 Å². The molecule has 0 aromatic heterocycles. The van der Waals surface area contributed by atoms with Crippen LogP contribution in [0.5, 0.6) is 5.75 Å². The first-order chi connectivity index (χ1) is 13.7. The molecule has 0 fully saturated rings. The highest BCUT2D eigenvalue weighted by atomic mass is 35.5. The van der Waals surface area contributed by atoms with Gasteiger partial charge in [-0.1, -0.05) is 29.3 Å². The number of methoxy groups -OCH3 is 1. The molecule has 3 rings (SSSR count). The third kappa shape index (κ3) is 4.83. The van der Waals surface area contributed by atoms with Crippen LogP contribution in [0.1, 0.15) is 15.9 Å². The van der Waals surface area contributed by atoms with Gasteiger partial charge in [0.2, 0.25) is 0 Å². The van der Waals surface area contributed by atoms with Crippen molar-refractivity contribution in [3.05, 3.63) is 81.8 Å². The summed E-state index contributed by atoms with van der Waals surface area (Å²) in [6.45, 7) is 0. The topological polar surface area (TPSA) is 38.3 Å². The molecule has 3 aromatic carbocycles. The molecular formula is C21H14Cl2F3NO2. The summed E-state index contributed by atoms with van der Waals surface area (Å²) in [4.78, 5) is 12.8. The van der Waals surface area contributed by atoms with Crippen LogP contribution in [0.2, 0.25) is 10.0 Å². The highest BCUT2D eigenvalue weighted by Gasteiger charge is 2.30. The van der Waals surface area contributed by atoms with E-state index >= 15 is 0 Å². The van der Waals surface area contributed by atoms with Crippen molar-refractivity contribution in [2.75, 3.05) is 12.4 Å². The van der Waals surface area contributed by atoms with E-state index in [2.05, 4.69) is 5.32 Å². The summed E-state index contributed by atoms with van der Waals surface area (Å²) in [5.74, 6) is 0.0330. The Morgan fingerprint density at radius 1 is 0.931 bits per heavy atom. The molecule has 0 bridgehead atoms. The predicted molar refractivity (Wildman–Crippen MR) is 108 cm³/mol. The zero-order valence-electron chi connectivity index (χ0n) is 15.0. The molecule has 0 unspecified atom stereocenters. The number of halogens is 5. The SMILES string of the molecule is COc1ccc(C(=O)Nc2ccc(C(F)(F)F)cc2)c(-c2ccc(Cl)c(Cl)c2)c1. The molecule has 3 aromatic rings. The summed E-state index contributed by atoms with van der Waals surface area (Å²) in [7, 11) is 1.50. The molecular weight excluding hydrogens is 426 g/mol. The lowest BCUT2D eigenvalue weighted by atomic mass is 9.98. The lowest BCUT2D eigenvalue weighted by Gasteiger charge is -2.13. The Balaban J connectivity index is 1.95. The van der Waals surface area contributed by atoms with Crippen molar-refractivity contribution in [3.8, 4) is 16.9 Å². The Kier molecular flexibility index (Phi) is 6.05. The van der Waals surface area contributed by atoms with E-state index in [0.717, 1.165) is 12.1 Å². The van der Waals surface area contributed by atoms with Crippen molar-refractivity contribution in [1.29, 1.82) is 0 Å². The average molecular weight is 440 g/mol.